The Morgan fingerprint density at radius 2 is 2.41 bits per heavy atom. The fourth-order valence-corrected chi connectivity index (χ4v) is 1.89. The monoisotopic (exact) mass is 235 g/mol. The number of nitrogens with one attached hydrogen (secondary N) is 2. The van der Waals surface area contributed by atoms with E-state index in [9.17, 15) is 4.79 Å². The molecule has 1 aromatic heterocycles. The second-order valence-corrected chi connectivity index (χ2v) is 4.47. The lowest BCUT2D eigenvalue weighted by Crippen LogP contribution is -2.46. The van der Waals surface area contributed by atoms with E-state index in [2.05, 4.69) is 15.6 Å². The van der Waals surface area contributed by atoms with Gasteiger partial charge in [0.15, 0.2) is 0 Å². The zero-order chi connectivity index (χ0) is 12.3. The van der Waals surface area contributed by atoms with Crippen molar-refractivity contribution in [3.63, 3.8) is 0 Å². The molecule has 2 N–H and O–H groups in total. The third-order valence-corrected chi connectivity index (χ3v) is 2.92. The molecule has 1 unspecified atom stereocenters. The van der Waals surface area contributed by atoms with Crippen molar-refractivity contribution in [2.24, 2.45) is 0 Å². The standard InChI is InChI=1S/C12H17N3O2/c1-12(5-7-17-8-12)15-11(16)9-4-3-6-14-10(9)13-2/h3-4,6H,5,7-8H2,1-2H3,(H,13,14)(H,15,16). The number of nitrogens with zero attached hydrogens (tertiary/aromatic N) is 1. The van der Waals surface area contributed by atoms with Crippen molar-refractivity contribution >= 4 is 11.7 Å². The van der Waals surface area contributed by atoms with Crippen molar-refractivity contribution in [1.82, 2.24) is 10.3 Å². The molecule has 1 aromatic rings. The van der Waals surface area contributed by atoms with Gasteiger partial charge in [0.25, 0.3) is 5.91 Å². The van der Waals surface area contributed by atoms with Crippen molar-refractivity contribution in [2.75, 3.05) is 25.6 Å². The molecular weight excluding hydrogens is 218 g/mol. The van der Waals surface area contributed by atoms with E-state index < -0.39 is 0 Å². The number of hydrogen-bond acceptors (Lipinski definition) is 4. The van der Waals surface area contributed by atoms with Gasteiger partial charge in [-0.25, -0.2) is 4.98 Å². The third kappa shape index (κ3) is 2.55. The van der Waals surface area contributed by atoms with Gasteiger partial charge in [0.05, 0.1) is 17.7 Å². The lowest BCUT2D eigenvalue weighted by Gasteiger charge is -2.23. The number of rotatable bonds is 3. The van der Waals surface area contributed by atoms with Crippen LogP contribution >= 0.6 is 0 Å². The Morgan fingerprint density at radius 1 is 1.59 bits per heavy atom. The molecule has 0 spiro atoms. The molecule has 1 aliphatic heterocycles. The Balaban J connectivity index is 2.14. The highest BCUT2D eigenvalue weighted by Gasteiger charge is 2.32. The molecule has 0 radical (unpaired) electrons. The molecule has 1 amide bonds. The fraction of sp³-hybridized carbons (Fsp3) is 0.500. The average Bonchev–Trinajstić information content (AvgIpc) is 2.75. The van der Waals surface area contributed by atoms with Crippen molar-refractivity contribution in [1.29, 1.82) is 0 Å². The van der Waals surface area contributed by atoms with E-state index >= 15 is 0 Å². The molecule has 92 valence electrons. The second-order valence-electron chi connectivity index (χ2n) is 4.47. The number of carbonyl (C=O) groups excluding carboxylic acids is 1. The van der Waals surface area contributed by atoms with Gasteiger partial charge in [-0.3, -0.25) is 4.79 Å². The van der Waals surface area contributed by atoms with Crippen molar-refractivity contribution in [3.8, 4) is 0 Å². The molecule has 1 aliphatic rings. The summed E-state index contributed by atoms with van der Waals surface area (Å²) in [7, 11) is 1.75. The van der Waals surface area contributed by atoms with Crippen LogP contribution in [0.25, 0.3) is 0 Å². The van der Waals surface area contributed by atoms with Gasteiger partial charge in [-0.15, -0.1) is 0 Å². The molecule has 0 aliphatic carbocycles. The zero-order valence-corrected chi connectivity index (χ0v) is 10.1. The van der Waals surface area contributed by atoms with Gasteiger partial charge in [-0.2, -0.15) is 0 Å². The first-order valence-electron chi connectivity index (χ1n) is 5.68. The Labute approximate surface area is 101 Å². The van der Waals surface area contributed by atoms with Crippen LogP contribution in [0.5, 0.6) is 0 Å². The minimum atomic E-state index is -0.266. The molecule has 5 heteroatoms. The first-order valence-corrected chi connectivity index (χ1v) is 5.68. The van der Waals surface area contributed by atoms with Crippen LogP contribution in [0.3, 0.4) is 0 Å². The number of hydrogen-bond donors (Lipinski definition) is 2. The van der Waals surface area contributed by atoms with Crippen LogP contribution in [0.1, 0.15) is 23.7 Å². The van der Waals surface area contributed by atoms with Crippen molar-refractivity contribution in [2.45, 2.75) is 18.9 Å². The number of anilines is 1. The van der Waals surface area contributed by atoms with Crippen LogP contribution in [0, 0.1) is 0 Å². The molecule has 2 heterocycles. The van der Waals surface area contributed by atoms with Gasteiger partial charge in [0, 0.05) is 19.9 Å². The molecule has 17 heavy (non-hydrogen) atoms. The Bertz CT molecular complexity index is 414. The second kappa shape index (κ2) is 4.71. The van der Waals surface area contributed by atoms with E-state index in [0.29, 0.717) is 24.6 Å². The molecule has 1 saturated heterocycles. The van der Waals surface area contributed by atoms with Crippen molar-refractivity contribution in [3.05, 3.63) is 23.9 Å². The maximum Gasteiger partial charge on any atom is 0.255 e. The summed E-state index contributed by atoms with van der Waals surface area (Å²) in [5.74, 6) is 0.475. The maximum atomic E-state index is 12.1. The SMILES string of the molecule is CNc1ncccc1C(=O)NC1(C)CCOC1. The highest BCUT2D eigenvalue weighted by atomic mass is 16.5. The van der Waals surface area contributed by atoms with Crippen LogP contribution in [0.15, 0.2) is 18.3 Å². The summed E-state index contributed by atoms with van der Waals surface area (Å²) in [4.78, 5) is 16.3. The van der Waals surface area contributed by atoms with E-state index in [1.165, 1.54) is 0 Å². The lowest BCUT2D eigenvalue weighted by atomic mass is 10.0. The summed E-state index contributed by atoms with van der Waals surface area (Å²) >= 11 is 0. The summed E-state index contributed by atoms with van der Waals surface area (Å²) < 4.78 is 5.31. The fourth-order valence-electron chi connectivity index (χ4n) is 1.89. The topological polar surface area (TPSA) is 63.2 Å². The van der Waals surface area contributed by atoms with Crippen LogP contribution < -0.4 is 10.6 Å². The molecule has 0 aromatic carbocycles. The molecular formula is C12H17N3O2. The minimum Gasteiger partial charge on any atom is -0.379 e. The molecule has 2 rings (SSSR count). The normalized spacial score (nSPS) is 23.4. The van der Waals surface area contributed by atoms with E-state index in [4.69, 9.17) is 4.74 Å². The van der Waals surface area contributed by atoms with Crippen LogP contribution in [-0.2, 0) is 4.74 Å². The largest absolute Gasteiger partial charge is 0.379 e. The molecule has 5 nitrogen and oxygen atoms in total. The van der Waals surface area contributed by atoms with E-state index in [1.807, 2.05) is 6.92 Å². The van der Waals surface area contributed by atoms with Gasteiger partial charge in [-0.05, 0) is 25.5 Å². The first kappa shape index (κ1) is 11.9. The predicted octanol–water partition coefficient (Wildman–Crippen LogP) is 1.03. The molecule has 0 bridgehead atoms. The Kier molecular flexibility index (Phi) is 3.28. The predicted molar refractivity (Wildman–Crippen MR) is 65.1 cm³/mol. The van der Waals surface area contributed by atoms with E-state index in [-0.39, 0.29) is 11.4 Å². The number of carbonyl (C=O) groups is 1. The zero-order valence-electron chi connectivity index (χ0n) is 10.1. The quantitative estimate of drug-likeness (QED) is 0.821. The van der Waals surface area contributed by atoms with Gasteiger partial charge < -0.3 is 15.4 Å². The van der Waals surface area contributed by atoms with Crippen LogP contribution in [0.2, 0.25) is 0 Å². The number of amides is 1. The Morgan fingerprint density at radius 3 is 3.06 bits per heavy atom. The van der Waals surface area contributed by atoms with Crippen molar-refractivity contribution < 1.29 is 9.53 Å². The summed E-state index contributed by atoms with van der Waals surface area (Å²) in [5.41, 5.74) is 0.293. The minimum absolute atomic E-state index is 0.115. The van der Waals surface area contributed by atoms with E-state index in [0.717, 1.165) is 6.42 Å². The number of ether oxygens (including phenoxy) is 1. The number of pyridine rings is 1. The van der Waals surface area contributed by atoms with Crippen LogP contribution in [0.4, 0.5) is 5.82 Å². The van der Waals surface area contributed by atoms with E-state index in [1.54, 1.807) is 25.4 Å². The van der Waals surface area contributed by atoms with Gasteiger partial charge in [0.1, 0.15) is 5.82 Å². The molecule has 0 saturated carbocycles. The molecule has 1 fully saturated rings. The summed E-state index contributed by atoms with van der Waals surface area (Å²) in [6.07, 6.45) is 2.50. The number of aromatic nitrogens is 1. The third-order valence-electron chi connectivity index (χ3n) is 2.92. The smallest absolute Gasteiger partial charge is 0.255 e. The van der Waals surface area contributed by atoms with Gasteiger partial charge >= 0.3 is 0 Å². The highest BCUT2D eigenvalue weighted by Crippen LogP contribution is 2.19. The summed E-state index contributed by atoms with van der Waals surface area (Å²) in [6.45, 7) is 3.25. The highest BCUT2D eigenvalue weighted by molar-refractivity contribution is 5.99. The first-order chi connectivity index (χ1) is 8.14. The van der Waals surface area contributed by atoms with Crippen LogP contribution in [-0.4, -0.2) is 36.7 Å². The average molecular weight is 235 g/mol. The maximum absolute atomic E-state index is 12.1. The lowest BCUT2D eigenvalue weighted by molar-refractivity contribution is 0.0890. The van der Waals surface area contributed by atoms with Gasteiger partial charge in [0.2, 0.25) is 0 Å². The van der Waals surface area contributed by atoms with Gasteiger partial charge in [-0.1, -0.05) is 0 Å². The Hall–Kier alpha value is -1.62. The summed E-state index contributed by atoms with van der Waals surface area (Å²) in [5, 5.41) is 5.91. The summed E-state index contributed by atoms with van der Waals surface area (Å²) in [6, 6.07) is 3.51. The molecule has 1 atom stereocenters.